The first kappa shape index (κ1) is 28.0. The van der Waals surface area contributed by atoms with Gasteiger partial charge in [-0.25, -0.2) is 0 Å². The Morgan fingerprint density at radius 1 is 1.20 bits per heavy atom. The summed E-state index contributed by atoms with van der Waals surface area (Å²) in [4.78, 5) is 37.2. The van der Waals surface area contributed by atoms with E-state index in [4.69, 9.17) is 10.5 Å². The second-order valence-electron chi connectivity index (χ2n) is 11.3. The highest BCUT2D eigenvalue weighted by Crippen LogP contribution is 2.67. The summed E-state index contributed by atoms with van der Waals surface area (Å²) in [7, 11) is 0. The molecule has 35 heavy (non-hydrogen) atoms. The van der Waals surface area contributed by atoms with Gasteiger partial charge >= 0.3 is 5.97 Å². The van der Waals surface area contributed by atoms with E-state index in [1.165, 1.54) is 0 Å². The Kier molecular flexibility index (Phi) is 8.37. The summed E-state index contributed by atoms with van der Waals surface area (Å²) in [5, 5.41) is 23.1. The number of carbonyl (C=O) groups excluding carboxylic acids is 3. The summed E-state index contributed by atoms with van der Waals surface area (Å²) in [6, 6.07) is 0. The van der Waals surface area contributed by atoms with Crippen LogP contribution in [0.4, 0.5) is 0 Å². The summed E-state index contributed by atoms with van der Waals surface area (Å²) in [5.74, 6) is -0.749. The zero-order valence-corrected chi connectivity index (χ0v) is 21.6. The molecule has 4 aliphatic carbocycles. The topological polar surface area (TPSA) is 127 Å². The van der Waals surface area contributed by atoms with Crippen molar-refractivity contribution in [3.05, 3.63) is 23.8 Å². The average Bonchev–Trinajstić information content (AvgIpc) is 3.06. The van der Waals surface area contributed by atoms with Crippen LogP contribution in [-0.2, 0) is 19.1 Å². The van der Waals surface area contributed by atoms with E-state index in [0.29, 0.717) is 32.2 Å². The Balaban J connectivity index is 0.00000342. The predicted molar refractivity (Wildman–Crippen MR) is 134 cm³/mol. The highest BCUT2D eigenvalue weighted by atomic mass is 35.5. The molecule has 0 aliphatic heterocycles. The summed E-state index contributed by atoms with van der Waals surface area (Å²) in [5.41, 5.74) is 3.74. The standard InChI is InChI=1S/C27H39NO6.ClH/c1-25-11-9-18(29)14-17(25)7-8-19-20-10-12-27(33,26(20,2)15-21(30)24(19)25)22(31)16-34-23(32)6-4-3-5-13-28;/h9,11,14,19-21,24,30,33H,3-8,10,12-13,15-16,28H2,1-2H3;1H/t19-,20-,21-,24+,25-,26-,27-;/m0./s1. The number of hydrogen-bond acceptors (Lipinski definition) is 7. The minimum absolute atomic E-state index is 0. The molecule has 0 aromatic rings. The molecule has 4 rings (SSSR count). The smallest absolute Gasteiger partial charge is 0.306 e. The maximum absolute atomic E-state index is 13.2. The number of aliphatic hydroxyl groups is 2. The first-order chi connectivity index (χ1) is 16.1. The van der Waals surface area contributed by atoms with Crippen molar-refractivity contribution >= 4 is 29.9 Å². The molecule has 0 aromatic carbocycles. The van der Waals surface area contributed by atoms with Gasteiger partial charge in [0.05, 0.1) is 6.10 Å². The zero-order valence-electron chi connectivity index (χ0n) is 20.8. The molecule has 196 valence electrons. The number of allylic oxidation sites excluding steroid dienone is 4. The van der Waals surface area contributed by atoms with Crippen LogP contribution in [0.5, 0.6) is 0 Å². The van der Waals surface area contributed by atoms with E-state index < -0.39 is 35.5 Å². The van der Waals surface area contributed by atoms with Crippen molar-refractivity contribution in [3.8, 4) is 0 Å². The van der Waals surface area contributed by atoms with Crippen molar-refractivity contribution in [1.29, 1.82) is 0 Å². The Bertz CT molecular complexity index is 917. The van der Waals surface area contributed by atoms with Crippen LogP contribution in [0, 0.1) is 28.6 Å². The molecule has 7 atom stereocenters. The van der Waals surface area contributed by atoms with Crippen molar-refractivity contribution in [3.63, 3.8) is 0 Å². The number of Topliss-reactive ketones (excluding diaryl/α,β-unsaturated/α-hetero) is 1. The van der Waals surface area contributed by atoms with Crippen LogP contribution in [0.25, 0.3) is 0 Å². The number of ether oxygens (including phenoxy) is 1. The highest BCUT2D eigenvalue weighted by molar-refractivity contribution is 6.01. The van der Waals surface area contributed by atoms with Gasteiger partial charge in [0.25, 0.3) is 0 Å². The maximum atomic E-state index is 13.2. The van der Waals surface area contributed by atoms with E-state index >= 15 is 0 Å². The fourth-order valence-electron chi connectivity index (χ4n) is 7.72. The van der Waals surface area contributed by atoms with Gasteiger partial charge in [-0.2, -0.15) is 0 Å². The Morgan fingerprint density at radius 2 is 1.94 bits per heavy atom. The molecule has 0 heterocycles. The number of nitrogens with two attached hydrogens (primary N) is 1. The van der Waals surface area contributed by atoms with Gasteiger partial charge in [0, 0.05) is 23.2 Å². The molecule has 0 saturated heterocycles. The Hall–Kier alpha value is -1.54. The summed E-state index contributed by atoms with van der Waals surface area (Å²) >= 11 is 0. The molecule has 0 unspecified atom stereocenters. The third-order valence-corrected chi connectivity index (χ3v) is 9.56. The zero-order chi connectivity index (χ0) is 24.7. The number of esters is 1. The molecular weight excluding hydrogens is 470 g/mol. The fourth-order valence-corrected chi connectivity index (χ4v) is 7.72. The molecule has 0 amide bonds. The van der Waals surface area contributed by atoms with Crippen LogP contribution in [-0.4, -0.2) is 52.6 Å². The number of halogens is 1. The largest absolute Gasteiger partial charge is 0.458 e. The second kappa shape index (κ2) is 10.4. The Morgan fingerprint density at radius 3 is 2.66 bits per heavy atom. The second-order valence-corrected chi connectivity index (χ2v) is 11.3. The first-order valence-corrected chi connectivity index (χ1v) is 12.8. The van der Waals surface area contributed by atoms with Crippen LogP contribution >= 0.6 is 12.4 Å². The molecule has 0 spiro atoms. The average molecular weight is 510 g/mol. The fraction of sp³-hybridized carbons (Fsp3) is 0.741. The molecular formula is C27H40ClNO6. The molecule has 0 bridgehead atoms. The van der Waals surface area contributed by atoms with E-state index in [0.717, 1.165) is 31.3 Å². The summed E-state index contributed by atoms with van der Waals surface area (Å²) < 4.78 is 5.23. The minimum Gasteiger partial charge on any atom is -0.458 e. The van der Waals surface area contributed by atoms with Crippen molar-refractivity contribution in [2.24, 2.45) is 34.3 Å². The highest BCUT2D eigenvalue weighted by Gasteiger charge is 2.68. The van der Waals surface area contributed by atoms with E-state index in [9.17, 15) is 24.6 Å². The van der Waals surface area contributed by atoms with Gasteiger partial charge in [-0.15, -0.1) is 12.4 Å². The molecule has 4 N–H and O–H groups in total. The number of hydrogen-bond donors (Lipinski definition) is 3. The molecule has 0 radical (unpaired) electrons. The SMILES string of the molecule is C[C@]12C=CC(=O)C=C1CC[C@@H]1[C@@H]2[C@@H](O)C[C@@]2(C)[C@H]1CC[C@]2(O)C(=O)COC(=O)CCCCCN.Cl. The third kappa shape index (κ3) is 4.65. The van der Waals surface area contributed by atoms with Gasteiger partial charge in [0.2, 0.25) is 5.78 Å². The quantitative estimate of drug-likeness (QED) is 0.339. The van der Waals surface area contributed by atoms with Gasteiger partial charge in [0.15, 0.2) is 12.4 Å². The summed E-state index contributed by atoms with van der Waals surface area (Å²) in [6.07, 6.45) is 10.1. The van der Waals surface area contributed by atoms with E-state index in [-0.39, 0.29) is 47.8 Å². The molecule has 3 fully saturated rings. The van der Waals surface area contributed by atoms with E-state index in [1.807, 2.05) is 13.0 Å². The van der Waals surface area contributed by atoms with Gasteiger partial charge < -0.3 is 20.7 Å². The molecule has 7 nitrogen and oxygen atoms in total. The minimum atomic E-state index is -1.63. The van der Waals surface area contributed by atoms with Crippen LogP contribution < -0.4 is 5.73 Å². The van der Waals surface area contributed by atoms with Gasteiger partial charge in [-0.3, -0.25) is 14.4 Å². The number of ketones is 2. The van der Waals surface area contributed by atoms with E-state index in [1.54, 1.807) is 12.2 Å². The van der Waals surface area contributed by atoms with Gasteiger partial charge in [-0.05, 0) is 75.5 Å². The monoisotopic (exact) mass is 509 g/mol. The van der Waals surface area contributed by atoms with Crippen molar-refractivity contribution in [1.82, 2.24) is 0 Å². The third-order valence-electron chi connectivity index (χ3n) is 9.56. The predicted octanol–water partition coefficient (Wildman–Crippen LogP) is 3.05. The summed E-state index contributed by atoms with van der Waals surface area (Å²) in [6.45, 7) is 4.17. The number of aliphatic hydroxyl groups excluding tert-OH is 1. The Labute approximate surface area is 214 Å². The number of unbranched alkanes of at least 4 members (excludes halogenated alkanes) is 2. The number of fused-ring (bicyclic) bond motifs is 5. The number of carbonyl (C=O) groups is 3. The van der Waals surface area contributed by atoms with Gasteiger partial charge in [0.1, 0.15) is 5.60 Å². The van der Waals surface area contributed by atoms with Crippen molar-refractivity contribution in [2.75, 3.05) is 13.2 Å². The molecule has 4 aliphatic rings. The molecule has 3 saturated carbocycles. The van der Waals surface area contributed by atoms with Gasteiger partial charge in [-0.1, -0.05) is 31.9 Å². The van der Waals surface area contributed by atoms with E-state index in [2.05, 4.69) is 6.92 Å². The maximum Gasteiger partial charge on any atom is 0.306 e. The van der Waals surface area contributed by atoms with Crippen LogP contribution in [0.1, 0.15) is 71.6 Å². The van der Waals surface area contributed by atoms with Crippen molar-refractivity contribution in [2.45, 2.75) is 83.3 Å². The molecule has 8 heteroatoms. The van der Waals surface area contributed by atoms with Crippen molar-refractivity contribution < 1.29 is 29.3 Å². The number of rotatable bonds is 8. The lowest BCUT2D eigenvalue weighted by atomic mass is 9.46. The first-order valence-electron chi connectivity index (χ1n) is 12.8. The lowest BCUT2D eigenvalue weighted by molar-refractivity contribution is -0.181. The van der Waals surface area contributed by atoms with Crippen LogP contribution in [0.3, 0.4) is 0 Å². The normalized spacial score (nSPS) is 39.6. The lowest BCUT2D eigenvalue weighted by Crippen LogP contribution is -2.61. The lowest BCUT2D eigenvalue weighted by Gasteiger charge is -2.59. The van der Waals surface area contributed by atoms with Crippen LogP contribution in [0.2, 0.25) is 0 Å². The molecule has 0 aromatic heterocycles. The van der Waals surface area contributed by atoms with Crippen LogP contribution in [0.15, 0.2) is 23.8 Å².